The van der Waals surface area contributed by atoms with Crippen LogP contribution in [0.4, 0.5) is 9.52 Å². The lowest BCUT2D eigenvalue weighted by atomic mass is 9.98. The van der Waals surface area contributed by atoms with Gasteiger partial charge in [0.15, 0.2) is 16.6 Å². The van der Waals surface area contributed by atoms with Crippen molar-refractivity contribution in [3.05, 3.63) is 70.0 Å². The molecule has 1 amide bonds. The van der Waals surface area contributed by atoms with E-state index in [2.05, 4.69) is 21.3 Å². The Labute approximate surface area is 178 Å². The first kappa shape index (κ1) is 20.3. The van der Waals surface area contributed by atoms with Gasteiger partial charge >= 0.3 is 0 Å². The molecule has 1 aromatic heterocycles. The third-order valence-corrected chi connectivity index (χ3v) is 5.85. The third-order valence-electron chi connectivity index (χ3n) is 5.04. The molecule has 3 aromatic rings. The Bertz CT molecular complexity index is 1070. The molecule has 1 aliphatic rings. The van der Waals surface area contributed by atoms with Crippen molar-refractivity contribution in [2.45, 2.75) is 19.5 Å². The fourth-order valence-corrected chi connectivity index (χ4v) is 4.24. The van der Waals surface area contributed by atoms with Gasteiger partial charge in [0, 0.05) is 30.6 Å². The molecule has 0 fully saturated rings. The summed E-state index contributed by atoms with van der Waals surface area (Å²) < 4.78 is 24.1. The molecule has 2 heterocycles. The van der Waals surface area contributed by atoms with Crippen LogP contribution in [0.5, 0.6) is 11.5 Å². The van der Waals surface area contributed by atoms with Crippen LogP contribution in [0.3, 0.4) is 0 Å². The van der Waals surface area contributed by atoms with Crippen LogP contribution in [0.25, 0.3) is 0 Å². The van der Waals surface area contributed by atoms with Crippen LogP contribution in [0.2, 0.25) is 0 Å². The standard InChI is InChI=1S/C22H22FN3O3S/c1-28-19-9-14-6-7-26(11-16(14)10-20(19)29-2)12-18-13-30-22(24-18)25-21(27)15-4-3-5-17(23)8-15/h3-5,8-10,13H,6-7,11-12H2,1-2H3,(H,24,25,27). The minimum atomic E-state index is -0.442. The Hall–Kier alpha value is -2.97. The Kier molecular flexibility index (Phi) is 5.96. The number of carbonyl (C=O) groups is 1. The van der Waals surface area contributed by atoms with E-state index in [1.807, 2.05) is 11.4 Å². The highest BCUT2D eigenvalue weighted by Gasteiger charge is 2.20. The summed E-state index contributed by atoms with van der Waals surface area (Å²) in [5, 5.41) is 5.18. The maximum absolute atomic E-state index is 13.3. The minimum Gasteiger partial charge on any atom is -0.493 e. The normalized spacial score (nSPS) is 13.6. The Morgan fingerprint density at radius 3 is 2.70 bits per heavy atom. The van der Waals surface area contributed by atoms with E-state index in [9.17, 15) is 9.18 Å². The number of aromatic nitrogens is 1. The smallest absolute Gasteiger partial charge is 0.257 e. The van der Waals surface area contributed by atoms with Crippen molar-refractivity contribution in [2.75, 3.05) is 26.1 Å². The van der Waals surface area contributed by atoms with Gasteiger partial charge in [0.1, 0.15) is 5.82 Å². The number of amides is 1. The number of rotatable bonds is 6. The van der Waals surface area contributed by atoms with Gasteiger partial charge in [0.05, 0.1) is 19.9 Å². The molecule has 1 N–H and O–H groups in total. The van der Waals surface area contributed by atoms with Crippen molar-refractivity contribution in [3.8, 4) is 11.5 Å². The van der Waals surface area contributed by atoms with Gasteiger partial charge in [-0.3, -0.25) is 15.0 Å². The van der Waals surface area contributed by atoms with E-state index < -0.39 is 5.82 Å². The molecule has 156 valence electrons. The van der Waals surface area contributed by atoms with E-state index in [-0.39, 0.29) is 11.5 Å². The molecule has 0 aliphatic carbocycles. The number of anilines is 1. The zero-order valence-corrected chi connectivity index (χ0v) is 17.6. The van der Waals surface area contributed by atoms with Gasteiger partial charge in [0.25, 0.3) is 5.91 Å². The number of nitrogens with zero attached hydrogens (tertiary/aromatic N) is 2. The first-order chi connectivity index (χ1) is 14.6. The monoisotopic (exact) mass is 427 g/mol. The molecule has 0 atom stereocenters. The van der Waals surface area contributed by atoms with Crippen LogP contribution in [0.1, 0.15) is 27.2 Å². The largest absolute Gasteiger partial charge is 0.493 e. The summed E-state index contributed by atoms with van der Waals surface area (Å²) in [6, 6.07) is 9.68. The first-order valence-corrected chi connectivity index (χ1v) is 10.4. The van der Waals surface area contributed by atoms with Crippen molar-refractivity contribution < 1.29 is 18.7 Å². The molecule has 0 radical (unpaired) electrons. The molecule has 30 heavy (non-hydrogen) atoms. The van der Waals surface area contributed by atoms with Crippen molar-refractivity contribution >= 4 is 22.4 Å². The molecule has 0 unspecified atom stereocenters. The number of ether oxygens (including phenoxy) is 2. The molecule has 0 saturated carbocycles. The lowest BCUT2D eigenvalue weighted by Crippen LogP contribution is -2.30. The number of hydrogen-bond acceptors (Lipinski definition) is 6. The number of benzene rings is 2. The summed E-state index contributed by atoms with van der Waals surface area (Å²) in [7, 11) is 3.28. The van der Waals surface area contributed by atoms with Crippen molar-refractivity contribution in [1.82, 2.24) is 9.88 Å². The number of nitrogens with one attached hydrogen (secondary N) is 1. The molecule has 0 spiro atoms. The van der Waals surface area contributed by atoms with Gasteiger partial charge in [-0.1, -0.05) is 6.07 Å². The summed E-state index contributed by atoms with van der Waals surface area (Å²) in [5.74, 6) is 0.669. The number of hydrogen-bond donors (Lipinski definition) is 1. The van der Waals surface area contributed by atoms with Crippen LogP contribution in [0.15, 0.2) is 41.8 Å². The van der Waals surface area contributed by atoms with Gasteiger partial charge < -0.3 is 9.47 Å². The van der Waals surface area contributed by atoms with Crippen LogP contribution in [-0.2, 0) is 19.5 Å². The van der Waals surface area contributed by atoms with Gasteiger partial charge in [-0.25, -0.2) is 9.37 Å². The first-order valence-electron chi connectivity index (χ1n) is 9.53. The quantitative estimate of drug-likeness (QED) is 0.641. The lowest BCUT2D eigenvalue weighted by molar-refractivity contribution is 0.102. The van der Waals surface area contributed by atoms with Crippen molar-refractivity contribution in [2.24, 2.45) is 0 Å². The highest BCUT2D eigenvalue weighted by atomic mass is 32.1. The van der Waals surface area contributed by atoms with Crippen LogP contribution < -0.4 is 14.8 Å². The topological polar surface area (TPSA) is 63.7 Å². The zero-order chi connectivity index (χ0) is 21.1. The molecule has 2 aromatic carbocycles. The molecule has 4 rings (SSSR count). The molecule has 0 bridgehead atoms. The number of carbonyl (C=O) groups excluding carboxylic acids is 1. The lowest BCUT2D eigenvalue weighted by Gasteiger charge is -2.29. The highest BCUT2D eigenvalue weighted by molar-refractivity contribution is 7.13. The molecule has 0 saturated heterocycles. The highest BCUT2D eigenvalue weighted by Crippen LogP contribution is 2.33. The summed E-state index contributed by atoms with van der Waals surface area (Å²) >= 11 is 1.36. The maximum atomic E-state index is 13.3. The summed E-state index contributed by atoms with van der Waals surface area (Å²) in [5.41, 5.74) is 3.64. The van der Waals surface area contributed by atoms with Crippen molar-refractivity contribution in [1.29, 1.82) is 0 Å². The Morgan fingerprint density at radius 2 is 1.97 bits per heavy atom. The predicted octanol–water partition coefficient (Wildman–Crippen LogP) is 4.11. The van der Waals surface area contributed by atoms with Gasteiger partial charge in [0.2, 0.25) is 0 Å². The van der Waals surface area contributed by atoms with E-state index in [4.69, 9.17) is 9.47 Å². The number of fused-ring (bicyclic) bond motifs is 1. The molecule has 1 aliphatic heterocycles. The number of halogens is 1. The Balaban J connectivity index is 1.40. The van der Waals surface area contributed by atoms with E-state index in [1.165, 1.54) is 40.7 Å². The predicted molar refractivity (Wildman–Crippen MR) is 114 cm³/mol. The van der Waals surface area contributed by atoms with Crippen LogP contribution in [0, 0.1) is 5.82 Å². The maximum Gasteiger partial charge on any atom is 0.257 e. The number of thiazole rings is 1. The van der Waals surface area contributed by atoms with Gasteiger partial charge in [-0.2, -0.15) is 0 Å². The van der Waals surface area contributed by atoms with Crippen molar-refractivity contribution in [3.63, 3.8) is 0 Å². The second kappa shape index (κ2) is 8.81. The number of methoxy groups -OCH3 is 2. The summed E-state index contributed by atoms with van der Waals surface area (Å²) in [4.78, 5) is 19.1. The fraction of sp³-hybridized carbons (Fsp3) is 0.273. The summed E-state index contributed by atoms with van der Waals surface area (Å²) in [6.07, 6.45) is 0.920. The SMILES string of the molecule is COc1cc2c(cc1OC)CN(Cc1csc(NC(=O)c3cccc(F)c3)n1)CC2. The van der Waals surface area contributed by atoms with Crippen LogP contribution in [-0.4, -0.2) is 36.6 Å². The second-order valence-electron chi connectivity index (χ2n) is 7.05. The average Bonchev–Trinajstić information content (AvgIpc) is 3.19. The minimum absolute atomic E-state index is 0.267. The molecular weight excluding hydrogens is 405 g/mol. The van der Waals surface area contributed by atoms with Gasteiger partial charge in [-0.15, -0.1) is 11.3 Å². The fourth-order valence-electron chi connectivity index (χ4n) is 3.54. The zero-order valence-electron chi connectivity index (χ0n) is 16.8. The Morgan fingerprint density at radius 1 is 1.20 bits per heavy atom. The molecule has 8 heteroatoms. The van der Waals surface area contributed by atoms with E-state index in [0.717, 1.165) is 36.7 Å². The van der Waals surface area contributed by atoms with E-state index in [0.29, 0.717) is 11.7 Å². The van der Waals surface area contributed by atoms with Gasteiger partial charge in [-0.05, 0) is 47.9 Å². The average molecular weight is 428 g/mol. The third kappa shape index (κ3) is 4.44. The summed E-state index contributed by atoms with van der Waals surface area (Å²) in [6.45, 7) is 2.38. The molecular formula is C22H22FN3O3S. The van der Waals surface area contributed by atoms with E-state index >= 15 is 0 Å². The molecule has 6 nitrogen and oxygen atoms in total. The second-order valence-corrected chi connectivity index (χ2v) is 7.90. The van der Waals surface area contributed by atoms with E-state index in [1.54, 1.807) is 20.3 Å². The van der Waals surface area contributed by atoms with Crippen LogP contribution >= 0.6 is 11.3 Å².